The fraction of sp³-hybridized carbons (Fsp3) is 1.00. The van der Waals surface area contributed by atoms with Crippen molar-refractivity contribution in [1.29, 1.82) is 0 Å². The third kappa shape index (κ3) is 3.74. The predicted molar refractivity (Wildman–Crippen MR) is 82.3 cm³/mol. The minimum Gasteiger partial charge on any atom is -0.313 e. The Kier molecular flexibility index (Phi) is 5.21. The van der Waals surface area contributed by atoms with Crippen molar-refractivity contribution in [3.8, 4) is 0 Å². The van der Waals surface area contributed by atoms with Gasteiger partial charge in [0.2, 0.25) is 0 Å². The van der Waals surface area contributed by atoms with Crippen LogP contribution in [0.25, 0.3) is 0 Å². The molecule has 0 radical (unpaired) electrons. The summed E-state index contributed by atoms with van der Waals surface area (Å²) in [5.74, 6) is 3.10. The molecule has 2 atom stereocenters. The summed E-state index contributed by atoms with van der Waals surface area (Å²) in [5, 5.41) is 4.01. The zero-order valence-electron chi connectivity index (χ0n) is 12.7. The van der Waals surface area contributed by atoms with E-state index in [1.165, 1.54) is 90.0 Å². The predicted octanol–water partition coefficient (Wildman–Crippen LogP) is 4.91. The van der Waals surface area contributed by atoms with Gasteiger partial charge >= 0.3 is 0 Å². The average molecular weight is 263 g/mol. The Morgan fingerprint density at radius 2 is 1.26 bits per heavy atom. The largest absolute Gasteiger partial charge is 0.313 e. The second-order valence-corrected chi connectivity index (χ2v) is 7.51. The van der Waals surface area contributed by atoms with Gasteiger partial charge in [-0.05, 0) is 50.0 Å². The van der Waals surface area contributed by atoms with Crippen LogP contribution in [-0.2, 0) is 0 Å². The molecule has 19 heavy (non-hydrogen) atoms. The van der Waals surface area contributed by atoms with Crippen LogP contribution in [0.5, 0.6) is 0 Å². The summed E-state index contributed by atoms with van der Waals surface area (Å²) in [5.41, 5.74) is 0. The van der Waals surface area contributed by atoms with E-state index in [4.69, 9.17) is 0 Å². The first-order valence-electron chi connectivity index (χ1n) is 9.17. The molecule has 0 aromatic rings. The first-order chi connectivity index (χ1) is 9.43. The smallest absolute Gasteiger partial charge is 0.00980 e. The van der Waals surface area contributed by atoms with Crippen LogP contribution >= 0.6 is 0 Å². The SMILES string of the molecule is C1CCC(C2CCCCC2NCC2CCCC2)CC1. The van der Waals surface area contributed by atoms with Crippen LogP contribution in [0.3, 0.4) is 0 Å². The fourth-order valence-corrected chi connectivity index (χ4v) is 5.07. The quantitative estimate of drug-likeness (QED) is 0.760. The highest BCUT2D eigenvalue weighted by Crippen LogP contribution is 2.38. The Labute approximate surface area is 119 Å². The molecule has 1 heteroatoms. The normalized spacial score (nSPS) is 34.7. The van der Waals surface area contributed by atoms with E-state index in [9.17, 15) is 0 Å². The van der Waals surface area contributed by atoms with Gasteiger partial charge in [-0.3, -0.25) is 0 Å². The van der Waals surface area contributed by atoms with Crippen LogP contribution in [-0.4, -0.2) is 12.6 Å². The van der Waals surface area contributed by atoms with E-state index >= 15 is 0 Å². The molecule has 0 saturated heterocycles. The molecule has 0 heterocycles. The van der Waals surface area contributed by atoms with Crippen molar-refractivity contribution in [3.63, 3.8) is 0 Å². The lowest BCUT2D eigenvalue weighted by atomic mass is 9.71. The van der Waals surface area contributed by atoms with Gasteiger partial charge in [0.05, 0.1) is 0 Å². The summed E-state index contributed by atoms with van der Waals surface area (Å²) in [4.78, 5) is 0. The van der Waals surface area contributed by atoms with Crippen molar-refractivity contribution in [1.82, 2.24) is 5.32 Å². The van der Waals surface area contributed by atoms with Gasteiger partial charge in [-0.25, -0.2) is 0 Å². The lowest BCUT2D eigenvalue weighted by Gasteiger charge is -2.40. The van der Waals surface area contributed by atoms with E-state index in [0.717, 1.165) is 23.8 Å². The number of hydrogen-bond donors (Lipinski definition) is 1. The zero-order chi connectivity index (χ0) is 12.9. The van der Waals surface area contributed by atoms with E-state index in [1.54, 1.807) is 0 Å². The molecule has 1 nitrogen and oxygen atoms in total. The maximum Gasteiger partial charge on any atom is 0.00980 e. The van der Waals surface area contributed by atoms with E-state index in [2.05, 4.69) is 5.32 Å². The van der Waals surface area contributed by atoms with Gasteiger partial charge in [-0.15, -0.1) is 0 Å². The molecule has 2 unspecified atom stereocenters. The molecule has 0 spiro atoms. The highest BCUT2D eigenvalue weighted by atomic mass is 14.9. The van der Waals surface area contributed by atoms with Crippen LogP contribution in [0, 0.1) is 17.8 Å². The third-order valence-corrected chi connectivity index (χ3v) is 6.22. The van der Waals surface area contributed by atoms with Gasteiger partial charge in [0, 0.05) is 6.04 Å². The number of rotatable bonds is 4. The van der Waals surface area contributed by atoms with Crippen molar-refractivity contribution in [3.05, 3.63) is 0 Å². The lowest BCUT2D eigenvalue weighted by molar-refractivity contribution is 0.147. The second-order valence-electron chi connectivity index (χ2n) is 7.51. The molecule has 0 aromatic carbocycles. The summed E-state index contributed by atoms with van der Waals surface area (Å²) in [6, 6.07) is 0.873. The molecular weight excluding hydrogens is 230 g/mol. The van der Waals surface area contributed by atoms with Gasteiger partial charge in [0.25, 0.3) is 0 Å². The van der Waals surface area contributed by atoms with Crippen molar-refractivity contribution in [2.24, 2.45) is 17.8 Å². The molecule has 0 aromatic heterocycles. The standard InChI is InChI=1S/C18H33N/c1-2-10-16(11-3-1)17-12-6-7-13-18(17)19-14-15-8-4-5-9-15/h15-19H,1-14H2. The molecule has 0 bridgehead atoms. The topological polar surface area (TPSA) is 12.0 Å². The number of nitrogens with one attached hydrogen (secondary N) is 1. The van der Waals surface area contributed by atoms with Crippen LogP contribution in [0.4, 0.5) is 0 Å². The van der Waals surface area contributed by atoms with Crippen molar-refractivity contribution in [2.75, 3.05) is 6.54 Å². The monoisotopic (exact) mass is 263 g/mol. The summed E-state index contributed by atoms with van der Waals surface area (Å²) in [6.45, 7) is 1.33. The zero-order valence-corrected chi connectivity index (χ0v) is 12.7. The number of hydrogen-bond acceptors (Lipinski definition) is 1. The molecule has 3 rings (SSSR count). The first kappa shape index (κ1) is 13.9. The summed E-state index contributed by atoms with van der Waals surface area (Å²) in [6.07, 6.45) is 19.5. The van der Waals surface area contributed by atoms with Gasteiger partial charge in [-0.2, -0.15) is 0 Å². The molecule has 0 aliphatic heterocycles. The Morgan fingerprint density at radius 1 is 0.632 bits per heavy atom. The molecular formula is C18H33N. The Balaban J connectivity index is 1.50. The fourth-order valence-electron chi connectivity index (χ4n) is 5.07. The Morgan fingerprint density at radius 3 is 2.05 bits per heavy atom. The first-order valence-corrected chi connectivity index (χ1v) is 9.17. The van der Waals surface area contributed by atoms with E-state index in [1.807, 2.05) is 0 Å². The molecule has 3 saturated carbocycles. The van der Waals surface area contributed by atoms with Gasteiger partial charge in [0.1, 0.15) is 0 Å². The Bertz CT molecular complexity index is 250. The average Bonchev–Trinajstić information content (AvgIpc) is 3.00. The molecule has 1 N–H and O–H groups in total. The van der Waals surface area contributed by atoms with E-state index in [-0.39, 0.29) is 0 Å². The minimum absolute atomic E-state index is 0.873. The van der Waals surface area contributed by atoms with Gasteiger partial charge < -0.3 is 5.32 Å². The van der Waals surface area contributed by atoms with E-state index in [0.29, 0.717) is 0 Å². The highest BCUT2D eigenvalue weighted by molar-refractivity contribution is 4.87. The minimum atomic E-state index is 0.873. The Hall–Kier alpha value is -0.0400. The van der Waals surface area contributed by atoms with Crippen molar-refractivity contribution in [2.45, 2.75) is 89.5 Å². The van der Waals surface area contributed by atoms with Gasteiger partial charge in [0.15, 0.2) is 0 Å². The third-order valence-electron chi connectivity index (χ3n) is 6.22. The van der Waals surface area contributed by atoms with Crippen molar-refractivity contribution < 1.29 is 0 Å². The second kappa shape index (κ2) is 7.11. The van der Waals surface area contributed by atoms with Gasteiger partial charge in [-0.1, -0.05) is 57.8 Å². The summed E-state index contributed by atoms with van der Waals surface area (Å²) >= 11 is 0. The van der Waals surface area contributed by atoms with Crippen LogP contribution < -0.4 is 5.32 Å². The van der Waals surface area contributed by atoms with Crippen LogP contribution in [0.1, 0.15) is 83.5 Å². The summed E-state index contributed by atoms with van der Waals surface area (Å²) < 4.78 is 0. The lowest BCUT2D eigenvalue weighted by Crippen LogP contribution is -2.44. The maximum atomic E-state index is 4.01. The molecule has 3 fully saturated rings. The van der Waals surface area contributed by atoms with Crippen LogP contribution in [0.2, 0.25) is 0 Å². The highest BCUT2D eigenvalue weighted by Gasteiger charge is 2.32. The molecule has 110 valence electrons. The van der Waals surface area contributed by atoms with E-state index < -0.39 is 0 Å². The molecule has 3 aliphatic carbocycles. The van der Waals surface area contributed by atoms with Crippen molar-refractivity contribution >= 4 is 0 Å². The molecule has 0 amide bonds. The molecule has 3 aliphatic rings. The van der Waals surface area contributed by atoms with Crippen LogP contribution in [0.15, 0.2) is 0 Å². The summed E-state index contributed by atoms with van der Waals surface area (Å²) in [7, 11) is 0. The maximum absolute atomic E-state index is 4.01.